The normalized spacial score (nSPS) is 15.3. The van der Waals surface area contributed by atoms with Gasteiger partial charge in [-0.1, -0.05) is 6.07 Å². The van der Waals surface area contributed by atoms with Crippen molar-refractivity contribution in [1.29, 1.82) is 0 Å². The number of allylic oxidation sites excluding steroid dienone is 1. The molecule has 0 heterocycles. The average Bonchev–Trinajstić information content (AvgIpc) is 2.05. The first-order chi connectivity index (χ1) is 5.75. The van der Waals surface area contributed by atoms with Crippen molar-refractivity contribution in [2.75, 3.05) is 0 Å². The molecule has 1 aliphatic carbocycles. The van der Waals surface area contributed by atoms with E-state index in [2.05, 4.69) is 28.7 Å². The second-order valence-corrected chi connectivity index (χ2v) is 4.32. The molecule has 0 unspecified atom stereocenters. The molecule has 0 aromatic heterocycles. The van der Waals surface area contributed by atoms with Crippen LogP contribution in [0.3, 0.4) is 0 Å². The van der Waals surface area contributed by atoms with Crippen molar-refractivity contribution >= 4 is 28.7 Å². The summed E-state index contributed by atoms with van der Waals surface area (Å²) in [6, 6.07) is 5.00. The molecule has 1 aliphatic rings. The summed E-state index contributed by atoms with van der Waals surface area (Å²) < 4.78 is 14.1. The van der Waals surface area contributed by atoms with Crippen LogP contribution in [-0.2, 0) is 6.42 Å². The molecule has 1 aromatic rings. The van der Waals surface area contributed by atoms with Gasteiger partial charge >= 0.3 is 0 Å². The topological polar surface area (TPSA) is 0 Å². The minimum atomic E-state index is -0.126. The van der Waals surface area contributed by atoms with E-state index in [0.29, 0.717) is 0 Å². The molecule has 0 bridgehead atoms. The van der Waals surface area contributed by atoms with E-state index < -0.39 is 0 Å². The fourth-order valence-corrected chi connectivity index (χ4v) is 2.03. The first-order valence-corrected chi connectivity index (χ1v) is 4.98. The Labute approximate surface area is 84.6 Å². The van der Waals surface area contributed by atoms with Crippen LogP contribution in [-0.4, -0.2) is 0 Å². The summed E-state index contributed by atoms with van der Waals surface area (Å²) in [5.41, 5.74) is 2.31. The van der Waals surface area contributed by atoms with E-state index in [-0.39, 0.29) is 5.82 Å². The quantitative estimate of drug-likeness (QED) is 0.635. The highest BCUT2D eigenvalue weighted by Gasteiger charge is 2.08. The minimum absolute atomic E-state index is 0.126. The van der Waals surface area contributed by atoms with E-state index in [4.69, 9.17) is 0 Å². The Morgan fingerprint density at radius 3 is 2.92 bits per heavy atom. The van der Waals surface area contributed by atoms with Gasteiger partial charge in [0.15, 0.2) is 0 Å². The Morgan fingerprint density at radius 1 is 1.25 bits per heavy atom. The van der Waals surface area contributed by atoms with Crippen LogP contribution in [0.4, 0.5) is 4.39 Å². The molecule has 2 rings (SSSR count). The van der Waals surface area contributed by atoms with Crippen molar-refractivity contribution < 1.29 is 4.39 Å². The lowest BCUT2D eigenvalue weighted by Gasteiger charge is -2.12. The predicted octanol–water partition coefficient (Wildman–Crippen LogP) is 3.55. The van der Waals surface area contributed by atoms with E-state index in [0.717, 1.165) is 18.4 Å². The molecule has 2 heteroatoms. The lowest BCUT2D eigenvalue weighted by molar-refractivity contribution is 0.625. The molecule has 0 aliphatic heterocycles. The SMILES string of the molecule is Fc1ccc2c(c1)CCC(I)=C2. The molecule has 1 aromatic carbocycles. The fraction of sp³-hybridized carbons (Fsp3) is 0.200. The van der Waals surface area contributed by atoms with Crippen LogP contribution in [0.2, 0.25) is 0 Å². The lowest BCUT2D eigenvalue weighted by Crippen LogP contribution is -1.96. The Morgan fingerprint density at radius 2 is 2.08 bits per heavy atom. The van der Waals surface area contributed by atoms with Gasteiger partial charge in [-0.15, -0.1) is 0 Å². The second-order valence-electron chi connectivity index (χ2n) is 2.93. The zero-order chi connectivity index (χ0) is 8.55. The molecule has 0 radical (unpaired) electrons. The van der Waals surface area contributed by atoms with Gasteiger partial charge < -0.3 is 0 Å². The molecule has 0 nitrogen and oxygen atoms in total. The largest absolute Gasteiger partial charge is 0.207 e. The van der Waals surface area contributed by atoms with Gasteiger partial charge in [-0.25, -0.2) is 4.39 Å². The maximum Gasteiger partial charge on any atom is 0.123 e. The van der Waals surface area contributed by atoms with Gasteiger partial charge in [0.05, 0.1) is 0 Å². The van der Waals surface area contributed by atoms with Gasteiger partial charge in [-0.05, 0) is 68.3 Å². The molecule has 0 N–H and O–H groups in total. The molecule has 0 amide bonds. The summed E-state index contributed by atoms with van der Waals surface area (Å²) in [5, 5.41) is 0. The summed E-state index contributed by atoms with van der Waals surface area (Å²) in [6.45, 7) is 0. The lowest BCUT2D eigenvalue weighted by atomic mass is 9.97. The molecule has 62 valence electrons. The van der Waals surface area contributed by atoms with Gasteiger partial charge in [-0.2, -0.15) is 0 Å². The standard InChI is InChI=1S/C10H8FI/c11-9-3-1-8-6-10(12)4-2-7(8)5-9/h1,3,5-6H,2,4H2. The molecular formula is C10H8FI. The number of aryl methyl sites for hydroxylation is 1. The summed E-state index contributed by atoms with van der Waals surface area (Å²) >= 11 is 2.33. The highest BCUT2D eigenvalue weighted by molar-refractivity contribution is 14.1. The first-order valence-electron chi connectivity index (χ1n) is 3.90. The van der Waals surface area contributed by atoms with Crippen molar-refractivity contribution in [3.63, 3.8) is 0 Å². The Bertz CT molecular complexity index is 342. The molecule has 0 atom stereocenters. The summed E-state index contributed by atoms with van der Waals surface area (Å²) in [7, 11) is 0. The summed E-state index contributed by atoms with van der Waals surface area (Å²) in [6.07, 6.45) is 4.15. The zero-order valence-corrected chi connectivity index (χ0v) is 8.64. The fourth-order valence-electron chi connectivity index (χ4n) is 1.43. The Balaban J connectivity index is 2.51. The smallest absolute Gasteiger partial charge is 0.123 e. The van der Waals surface area contributed by atoms with Crippen molar-refractivity contribution in [3.8, 4) is 0 Å². The van der Waals surface area contributed by atoms with Crippen LogP contribution < -0.4 is 0 Å². The molecule has 0 fully saturated rings. The molecule has 12 heavy (non-hydrogen) atoms. The third-order valence-electron chi connectivity index (χ3n) is 2.05. The van der Waals surface area contributed by atoms with Crippen molar-refractivity contribution in [2.45, 2.75) is 12.8 Å². The molecule has 0 saturated heterocycles. The van der Waals surface area contributed by atoms with Gasteiger partial charge in [0, 0.05) is 0 Å². The molecular weight excluding hydrogens is 266 g/mol. The van der Waals surface area contributed by atoms with Gasteiger partial charge in [0.2, 0.25) is 0 Å². The maximum atomic E-state index is 12.8. The van der Waals surface area contributed by atoms with Crippen LogP contribution in [0, 0.1) is 5.82 Å². The van der Waals surface area contributed by atoms with Crippen LogP contribution in [0.15, 0.2) is 21.8 Å². The summed E-state index contributed by atoms with van der Waals surface area (Å²) in [4.78, 5) is 0. The number of rotatable bonds is 0. The van der Waals surface area contributed by atoms with Crippen LogP contribution in [0.25, 0.3) is 6.08 Å². The van der Waals surface area contributed by atoms with Crippen molar-refractivity contribution in [1.82, 2.24) is 0 Å². The Kier molecular flexibility index (Phi) is 2.17. The highest BCUT2D eigenvalue weighted by atomic mass is 127. The number of benzene rings is 1. The summed E-state index contributed by atoms with van der Waals surface area (Å²) in [5.74, 6) is -0.126. The monoisotopic (exact) mass is 274 g/mol. The van der Waals surface area contributed by atoms with E-state index in [1.807, 2.05) is 6.07 Å². The predicted molar refractivity (Wildman–Crippen MR) is 56.7 cm³/mol. The maximum absolute atomic E-state index is 12.8. The number of hydrogen-bond acceptors (Lipinski definition) is 0. The average molecular weight is 274 g/mol. The van der Waals surface area contributed by atoms with E-state index in [9.17, 15) is 4.39 Å². The Hall–Kier alpha value is -0.380. The third kappa shape index (κ3) is 1.53. The van der Waals surface area contributed by atoms with Crippen LogP contribution in [0.5, 0.6) is 0 Å². The highest BCUT2D eigenvalue weighted by Crippen LogP contribution is 2.27. The minimum Gasteiger partial charge on any atom is -0.207 e. The first kappa shape index (κ1) is 8.23. The van der Waals surface area contributed by atoms with Gasteiger partial charge in [0.1, 0.15) is 5.82 Å². The third-order valence-corrected chi connectivity index (χ3v) is 2.90. The number of fused-ring (bicyclic) bond motifs is 1. The molecule has 0 saturated carbocycles. The zero-order valence-electron chi connectivity index (χ0n) is 6.48. The van der Waals surface area contributed by atoms with E-state index in [1.54, 1.807) is 6.07 Å². The molecule has 0 spiro atoms. The van der Waals surface area contributed by atoms with Gasteiger partial charge in [-0.3, -0.25) is 0 Å². The van der Waals surface area contributed by atoms with E-state index in [1.165, 1.54) is 15.2 Å². The number of hydrogen-bond donors (Lipinski definition) is 0. The van der Waals surface area contributed by atoms with Crippen LogP contribution in [0.1, 0.15) is 17.5 Å². The number of halogens is 2. The second kappa shape index (κ2) is 3.17. The van der Waals surface area contributed by atoms with Crippen molar-refractivity contribution in [3.05, 3.63) is 38.7 Å². The van der Waals surface area contributed by atoms with E-state index >= 15 is 0 Å². The van der Waals surface area contributed by atoms with Crippen LogP contribution >= 0.6 is 22.6 Å². The van der Waals surface area contributed by atoms with Gasteiger partial charge in [0.25, 0.3) is 0 Å². The van der Waals surface area contributed by atoms with Crippen molar-refractivity contribution in [2.24, 2.45) is 0 Å².